The highest BCUT2D eigenvalue weighted by molar-refractivity contribution is 5.40. The Hall–Kier alpha value is -1.56. The average molecular weight is 176 g/mol. The van der Waals surface area contributed by atoms with Crippen LogP contribution in [0.25, 0.3) is 0 Å². The van der Waals surface area contributed by atoms with Gasteiger partial charge < -0.3 is 4.74 Å². The molecule has 0 aliphatic carbocycles. The Balaban J connectivity index is 3.15. The largest absolute Gasteiger partial charge is 0.480 e. The fraction of sp³-hybridized carbons (Fsp3) is 0.400. The number of nitriles is 1. The molecule has 0 amide bonds. The summed E-state index contributed by atoms with van der Waals surface area (Å²) in [5.74, 6) is 0.775. The molecule has 0 aliphatic rings. The van der Waals surface area contributed by atoms with Crippen molar-refractivity contribution in [3.8, 4) is 11.9 Å². The SMILES string of the molecule is COc1ncc(C(C)C)cc1C#N. The Morgan fingerprint density at radius 2 is 2.23 bits per heavy atom. The van der Waals surface area contributed by atoms with E-state index in [1.54, 1.807) is 6.20 Å². The summed E-state index contributed by atoms with van der Waals surface area (Å²) in [7, 11) is 1.51. The molecule has 13 heavy (non-hydrogen) atoms. The molecule has 0 aromatic carbocycles. The van der Waals surface area contributed by atoms with Gasteiger partial charge in [0.15, 0.2) is 0 Å². The number of aromatic nitrogens is 1. The van der Waals surface area contributed by atoms with Crippen LogP contribution in [0.2, 0.25) is 0 Å². The van der Waals surface area contributed by atoms with Gasteiger partial charge in [-0.3, -0.25) is 0 Å². The highest BCUT2D eigenvalue weighted by Crippen LogP contribution is 2.20. The van der Waals surface area contributed by atoms with Gasteiger partial charge in [0, 0.05) is 6.20 Å². The predicted octanol–water partition coefficient (Wildman–Crippen LogP) is 2.09. The Morgan fingerprint density at radius 3 is 2.69 bits per heavy atom. The summed E-state index contributed by atoms with van der Waals surface area (Å²) in [6.07, 6.45) is 1.74. The van der Waals surface area contributed by atoms with Crippen LogP contribution in [0.5, 0.6) is 5.88 Å². The van der Waals surface area contributed by atoms with Crippen molar-refractivity contribution in [2.75, 3.05) is 7.11 Å². The molecule has 68 valence electrons. The summed E-state index contributed by atoms with van der Waals surface area (Å²) >= 11 is 0. The molecule has 3 nitrogen and oxygen atoms in total. The Kier molecular flexibility index (Phi) is 2.86. The van der Waals surface area contributed by atoms with Gasteiger partial charge >= 0.3 is 0 Å². The molecular formula is C10H12N2O. The molecule has 0 saturated heterocycles. The van der Waals surface area contributed by atoms with E-state index in [4.69, 9.17) is 10.00 Å². The van der Waals surface area contributed by atoms with Gasteiger partial charge in [-0.25, -0.2) is 4.98 Å². The first-order chi connectivity index (χ1) is 6.19. The van der Waals surface area contributed by atoms with Crippen LogP contribution in [0.3, 0.4) is 0 Å². The number of hydrogen-bond donors (Lipinski definition) is 0. The standard InChI is InChI=1S/C10H12N2O/c1-7(2)9-4-8(5-11)10(13-3)12-6-9/h4,6-7H,1-3H3. The first kappa shape index (κ1) is 9.53. The molecule has 0 spiro atoms. The summed E-state index contributed by atoms with van der Waals surface area (Å²) in [4.78, 5) is 4.04. The Bertz CT molecular complexity index is 339. The molecule has 1 rings (SSSR count). The van der Waals surface area contributed by atoms with E-state index < -0.39 is 0 Å². The van der Waals surface area contributed by atoms with Crippen molar-refractivity contribution >= 4 is 0 Å². The number of pyridine rings is 1. The summed E-state index contributed by atoms with van der Waals surface area (Å²) in [5, 5.41) is 8.79. The van der Waals surface area contributed by atoms with E-state index in [2.05, 4.69) is 24.9 Å². The van der Waals surface area contributed by atoms with Gasteiger partial charge in [-0.15, -0.1) is 0 Å². The molecule has 0 unspecified atom stereocenters. The van der Waals surface area contributed by atoms with Crippen molar-refractivity contribution in [2.45, 2.75) is 19.8 Å². The molecular weight excluding hydrogens is 164 g/mol. The monoisotopic (exact) mass is 176 g/mol. The number of nitrogens with zero attached hydrogens (tertiary/aromatic N) is 2. The summed E-state index contributed by atoms with van der Waals surface area (Å²) in [5.41, 5.74) is 1.55. The predicted molar refractivity (Wildman–Crippen MR) is 49.6 cm³/mol. The minimum absolute atomic E-state index is 0.380. The lowest BCUT2D eigenvalue weighted by molar-refractivity contribution is 0.396. The zero-order valence-corrected chi connectivity index (χ0v) is 8.03. The molecule has 0 bridgehead atoms. The van der Waals surface area contributed by atoms with Gasteiger partial charge in [0.25, 0.3) is 0 Å². The van der Waals surface area contributed by atoms with Crippen molar-refractivity contribution in [1.29, 1.82) is 5.26 Å². The smallest absolute Gasteiger partial charge is 0.231 e. The van der Waals surface area contributed by atoms with Gasteiger partial charge in [0.05, 0.1) is 7.11 Å². The number of rotatable bonds is 2. The van der Waals surface area contributed by atoms with Crippen LogP contribution in [-0.4, -0.2) is 12.1 Å². The van der Waals surface area contributed by atoms with Crippen LogP contribution in [-0.2, 0) is 0 Å². The third kappa shape index (κ3) is 1.97. The highest BCUT2D eigenvalue weighted by atomic mass is 16.5. The molecule has 1 heterocycles. The first-order valence-corrected chi connectivity index (χ1v) is 4.13. The minimum atomic E-state index is 0.380. The maximum Gasteiger partial charge on any atom is 0.231 e. The van der Waals surface area contributed by atoms with Crippen LogP contribution in [0.1, 0.15) is 30.9 Å². The molecule has 0 atom stereocenters. The van der Waals surface area contributed by atoms with Crippen molar-refractivity contribution in [3.63, 3.8) is 0 Å². The Labute approximate surface area is 78.0 Å². The van der Waals surface area contributed by atoms with Crippen LogP contribution in [0.4, 0.5) is 0 Å². The van der Waals surface area contributed by atoms with Gasteiger partial charge in [-0.05, 0) is 17.5 Å². The van der Waals surface area contributed by atoms with Crippen molar-refractivity contribution < 1.29 is 4.74 Å². The number of hydrogen-bond acceptors (Lipinski definition) is 3. The quantitative estimate of drug-likeness (QED) is 0.693. The maximum atomic E-state index is 8.79. The molecule has 0 saturated carbocycles. The number of ether oxygens (including phenoxy) is 1. The average Bonchev–Trinajstić information content (AvgIpc) is 2.16. The summed E-state index contributed by atoms with van der Waals surface area (Å²) in [6.45, 7) is 4.12. The van der Waals surface area contributed by atoms with Gasteiger partial charge in [0.2, 0.25) is 5.88 Å². The van der Waals surface area contributed by atoms with E-state index >= 15 is 0 Å². The fourth-order valence-electron chi connectivity index (χ4n) is 1.03. The molecule has 0 aliphatic heterocycles. The second-order valence-corrected chi connectivity index (χ2v) is 3.09. The van der Waals surface area contributed by atoms with E-state index in [9.17, 15) is 0 Å². The summed E-state index contributed by atoms with van der Waals surface area (Å²) in [6, 6.07) is 3.87. The van der Waals surface area contributed by atoms with Crippen LogP contribution in [0.15, 0.2) is 12.3 Å². The van der Waals surface area contributed by atoms with E-state index in [1.165, 1.54) is 7.11 Å². The fourth-order valence-corrected chi connectivity index (χ4v) is 1.03. The number of methoxy groups -OCH3 is 1. The molecule has 3 heteroatoms. The van der Waals surface area contributed by atoms with E-state index in [-0.39, 0.29) is 0 Å². The molecule has 1 aromatic heterocycles. The van der Waals surface area contributed by atoms with Crippen LogP contribution in [0, 0.1) is 11.3 Å². The van der Waals surface area contributed by atoms with E-state index in [0.29, 0.717) is 17.4 Å². The highest BCUT2D eigenvalue weighted by Gasteiger charge is 2.06. The molecule has 1 aromatic rings. The van der Waals surface area contributed by atoms with Crippen LogP contribution < -0.4 is 4.74 Å². The summed E-state index contributed by atoms with van der Waals surface area (Å²) < 4.78 is 4.94. The molecule has 0 fully saturated rings. The third-order valence-corrected chi connectivity index (χ3v) is 1.85. The van der Waals surface area contributed by atoms with Gasteiger partial charge in [0.1, 0.15) is 11.6 Å². The normalized spacial score (nSPS) is 9.77. The van der Waals surface area contributed by atoms with Gasteiger partial charge in [-0.1, -0.05) is 13.8 Å². The topological polar surface area (TPSA) is 45.9 Å². The first-order valence-electron chi connectivity index (χ1n) is 4.13. The molecule has 0 N–H and O–H groups in total. The van der Waals surface area contributed by atoms with Crippen molar-refractivity contribution in [3.05, 3.63) is 23.4 Å². The lowest BCUT2D eigenvalue weighted by Crippen LogP contribution is -1.95. The zero-order chi connectivity index (χ0) is 9.84. The van der Waals surface area contributed by atoms with Crippen molar-refractivity contribution in [2.24, 2.45) is 0 Å². The van der Waals surface area contributed by atoms with Crippen LogP contribution >= 0.6 is 0 Å². The van der Waals surface area contributed by atoms with E-state index in [1.807, 2.05) is 6.07 Å². The second-order valence-electron chi connectivity index (χ2n) is 3.09. The molecule has 0 radical (unpaired) electrons. The van der Waals surface area contributed by atoms with Gasteiger partial charge in [-0.2, -0.15) is 5.26 Å². The lowest BCUT2D eigenvalue weighted by Gasteiger charge is -2.06. The third-order valence-electron chi connectivity index (χ3n) is 1.85. The maximum absolute atomic E-state index is 8.79. The second kappa shape index (κ2) is 3.90. The zero-order valence-electron chi connectivity index (χ0n) is 8.03. The lowest BCUT2D eigenvalue weighted by atomic mass is 10.0. The van der Waals surface area contributed by atoms with Crippen molar-refractivity contribution in [1.82, 2.24) is 4.98 Å². The minimum Gasteiger partial charge on any atom is -0.480 e. The Morgan fingerprint density at radius 1 is 1.54 bits per heavy atom. The van der Waals surface area contributed by atoms with E-state index in [0.717, 1.165) is 5.56 Å².